The number of carbonyl (C=O) groups excluding carboxylic acids is 1. The average Bonchev–Trinajstić information content (AvgIpc) is 2.46. The molecule has 0 heterocycles. The van der Waals surface area contributed by atoms with Crippen molar-refractivity contribution < 1.29 is 14.6 Å². The third-order valence-electron chi connectivity index (χ3n) is 2.86. The van der Waals surface area contributed by atoms with Crippen molar-refractivity contribution in [2.24, 2.45) is 5.73 Å². The lowest BCUT2D eigenvalue weighted by Gasteiger charge is -2.14. The fourth-order valence-electron chi connectivity index (χ4n) is 1.77. The molecule has 0 fully saturated rings. The molecule has 1 unspecified atom stereocenters. The molecular weight excluding hydrogens is 313 g/mol. The van der Waals surface area contributed by atoms with Gasteiger partial charge < -0.3 is 15.6 Å². The lowest BCUT2D eigenvalue weighted by Crippen LogP contribution is -2.15. The zero-order valence-electron chi connectivity index (χ0n) is 10.9. The largest absolute Gasteiger partial charge is 0.490 e. The van der Waals surface area contributed by atoms with Gasteiger partial charge in [-0.15, -0.1) is 0 Å². The van der Waals surface area contributed by atoms with Gasteiger partial charge in [0, 0.05) is 10.0 Å². The number of carbonyl (C=O) groups is 1. The number of benzene rings is 2. The summed E-state index contributed by atoms with van der Waals surface area (Å²) in [6, 6.07) is 11.3. The van der Waals surface area contributed by atoms with Crippen LogP contribution in [0.3, 0.4) is 0 Å². The minimum atomic E-state index is -0.848. The highest BCUT2D eigenvalue weighted by atomic mass is 35.5. The van der Waals surface area contributed by atoms with Crippen molar-refractivity contribution in [2.45, 2.75) is 6.10 Å². The minimum Gasteiger partial charge on any atom is -0.490 e. The molecule has 0 spiro atoms. The van der Waals surface area contributed by atoms with Gasteiger partial charge in [0.2, 0.25) is 0 Å². The predicted octanol–water partition coefficient (Wildman–Crippen LogP) is 3.20. The van der Waals surface area contributed by atoms with E-state index in [9.17, 15) is 9.90 Å². The van der Waals surface area contributed by atoms with Crippen LogP contribution in [-0.4, -0.2) is 17.6 Å². The normalized spacial score (nSPS) is 12.0. The van der Waals surface area contributed by atoms with Crippen molar-refractivity contribution in [3.8, 4) is 5.75 Å². The maximum Gasteiger partial charge on any atom is 0.252 e. The topological polar surface area (TPSA) is 72.6 Å². The molecule has 3 N–H and O–H groups in total. The number of hydrogen-bond donors (Lipinski definition) is 2. The lowest BCUT2D eigenvalue weighted by atomic mass is 10.1. The highest BCUT2D eigenvalue weighted by Gasteiger charge is 2.13. The van der Waals surface area contributed by atoms with E-state index < -0.39 is 12.0 Å². The van der Waals surface area contributed by atoms with Crippen LogP contribution in [0.25, 0.3) is 0 Å². The number of nitrogens with two attached hydrogens (primary N) is 1. The van der Waals surface area contributed by atoms with Gasteiger partial charge in [0.25, 0.3) is 5.91 Å². The molecule has 2 aromatic carbocycles. The van der Waals surface area contributed by atoms with E-state index in [1.807, 2.05) is 0 Å². The molecule has 0 aliphatic heterocycles. The monoisotopic (exact) mass is 325 g/mol. The Balaban J connectivity index is 2.09. The zero-order valence-corrected chi connectivity index (χ0v) is 12.4. The number of aliphatic hydroxyl groups excluding tert-OH is 1. The fraction of sp³-hybridized carbons (Fsp3) is 0.133. The van der Waals surface area contributed by atoms with E-state index in [0.29, 0.717) is 15.6 Å². The van der Waals surface area contributed by atoms with Gasteiger partial charge in [-0.05, 0) is 35.9 Å². The summed E-state index contributed by atoms with van der Waals surface area (Å²) in [5.74, 6) is -0.367. The maximum absolute atomic E-state index is 11.3. The molecule has 2 aromatic rings. The molecule has 21 heavy (non-hydrogen) atoms. The Morgan fingerprint density at radius 2 is 1.76 bits per heavy atom. The Bertz CT molecular complexity index is 644. The van der Waals surface area contributed by atoms with Crippen LogP contribution in [0.1, 0.15) is 22.0 Å². The summed E-state index contributed by atoms with van der Waals surface area (Å²) in [6.45, 7) is -0.0243. The zero-order chi connectivity index (χ0) is 15.4. The van der Waals surface area contributed by atoms with Gasteiger partial charge in [-0.3, -0.25) is 4.79 Å². The number of rotatable bonds is 5. The molecule has 2 rings (SSSR count). The Hall–Kier alpha value is -1.75. The lowest BCUT2D eigenvalue weighted by molar-refractivity contribution is 0.0967. The molecule has 0 saturated carbocycles. The SMILES string of the molecule is NC(=O)c1cc(Cl)ccc1OCC(O)c1ccc(Cl)cc1. The van der Waals surface area contributed by atoms with Crippen molar-refractivity contribution >= 4 is 29.1 Å². The number of halogens is 2. The number of primary amides is 1. The van der Waals surface area contributed by atoms with Gasteiger partial charge >= 0.3 is 0 Å². The van der Waals surface area contributed by atoms with Crippen LogP contribution >= 0.6 is 23.2 Å². The Morgan fingerprint density at radius 1 is 1.14 bits per heavy atom. The van der Waals surface area contributed by atoms with Crippen LogP contribution in [0.5, 0.6) is 5.75 Å². The van der Waals surface area contributed by atoms with Crippen molar-refractivity contribution in [1.29, 1.82) is 0 Å². The Labute approximate surface area is 132 Å². The van der Waals surface area contributed by atoms with Gasteiger partial charge in [-0.2, -0.15) is 0 Å². The second-order valence-corrected chi connectivity index (χ2v) is 5.26. The molecule has 4 nitrogen and oxygen atoms in total. The highest BCUT2D eigenvalue weighted by molar-refractivity contribution is 6.31. The standard InChI is InChI=1S/C15H13Cl2NO3/c16-10-3-1-9(2-4-10)13(19)8-21-14-6-5-11(17)7-12(14)15(18)20/h1-7,13,19H,8H2,(H2,18,20). The quantitative estimate of drug-likeness (QED) is 0.886. The molecule has 1 amide bonds. The first-order valence-corrected chi connectivity index (χ1v) is 6.88. The summed E-state index contributed by atoms with van der Waals surface area (Å²) in [4.78, 5) is 11.3. The summed E-state index contributed by atoms with van der Waals surface area (Å²) < 4.78 is 5.46. The van der Waals surface area contributed by atoms with Crippen LogP contribution in [0, 0.1) is 0 Å². The Kier molecular flexibility index (Phi) is 5.07. The van der Waals surface area contributed by atoms with Crippen LogP contribution < -0.4 is 10.5 Å². The molecule has 0 aliphatic carbocycles. The van der Waals surface area contributed by atoms with Gasteiger partial charge in [0.1, 0.15) is 18.5 Å². The molecule has 0 saturated heterocycles. The number of hydrogen-bond acceptors (Lipinski definition) is 3. The summed E-state index contributed by atoms with van der Waals surface area (Å²) in [5.41, 5.74) is 6.10. The van der Waals surface area contributed by atoms with Gasteiger partial charge in [0.15, 0.2) is 0 Å². The van der Waals surface area contributed by atoms with E-state index in [-0.39, 0.29) is 17.9 Å². The number of aliphatic hydroxyl groups is 1. The smallest absolute Gasteiger partial charge is 0.252 e. The van der Waals surface area contributed by atoms with E-state index >= 15 is 0 Å². The van der Waals surface area contributed by atoms with E-state index in [1.54, 1.807) is 30.3 Å². The first kappa shape index (κ1) is 15.6. The predicted molar refractivity (Wildman–Crippen MR) is 81.9 cm³/mol. The number of amides is 1. The molecule has 1 atom stereocenters. The summed E-state index contributed by atoms with van der Waals surface area (Å²) >= 11 is 11.6. The van der Waals surface area contributed by atoms with Crippen LogP contribution in [-0.2, 0) is 0 Å². The highest BCUT2D eigenvalue weighted by Crippen LogP contribution is 2.24. The van der Waals surface area contributed by atoms with Crippen LogP contribution in [0.4, 0.5) is 0 Å². The van der Waals surface area contributed by atoms with E-state index in [0.717, 1.165) is 0 Å². The summed E-state index contributed by atoms with van der Waals surface area (Å²) in [6.07, 6.45) is -0.848. The summed E-state index contributed by atoms with van der Waals surface area (Å²) in [5, 5.41) is 11.0. The van der Waals surface area contributed by atoms with Crippen molar-refractivity contribution in [1.82, 2.24) is 0 Å². The fourth-order valence-corrected chi connectivity index (χ4v) is 2.07. The van der Waals surface area contributed by atoms with Gasteiger partial charge in [-0.25, -0.2) is 0 Å². The van der Waals surface area contributed by atoms with Crippen molar-refractivity contribution in [2.75, 3.05) is 6.61 Å². The van der Waals surface area contributed by atoms with Crippen LogP contribution in [0.2, 0.25) is 10.0 Å². The van der Waals surface area contributed by atoms with E-state index in [4.69, 9.17) is 33.7 Å². The Morgan fingerprint density at radius 3 is 2.38 bits per heavy atom. The molecule has 6 heteroatoms. The second-order valence-electron chi connectivity index (χ2n) is 4.38. The van der Waals surface area contributed by atoms with Crippen molar-refractivity contribution in [3.05, 3.63) is 63.6 Å². The van der Waals surface area contributed by atoms with E-state index in [1.165, 1.54) is 12.1 Å². The average molecular weight is 326 g/mol. The van der Waals surface area contributed by atoms with Gasteiger partial charge in [-0.1, -0.05) is 35.3 Å². The molecular formula is C15H13Cl2NO3. The molecule has 0 aliphatic rings. The third kappa shape index (κ3) is 4.11. The first-order valence-electron chi connectivity index (χ1n) is 6.13. The van der Waals surface area contributed by atoms with Gasteiger partial charge in [0.05, 0.1) is 5.56 Å². The van der Waals surface area contributed by atoms with E-state index in [2.05, 4.69) is 0 Å². The molecule has 0 bridgehead atoms. The molecule has 0 aromatic heterocycles. The van der Waals surface area contributed by atoms with Crippen LogP contribution in [0.15, 0.2) is 42.5 Å². The summed E-state index contributed by atoms with van der Waals surface area (Å²) in [7, 11) is 0. The van der Waals surface area contributed by atoms with Crippen molar-refractivity contribution in [3.63, 3.8) is 0 Å². The minimum absolute atomic E-state index is 0.0243. The number of ether oxygens (including phenoxy) is 1. The maximum atomic E-state index is 11.3. The molecule has 0 radical (unpaired) electrons. The first-order chi connectivity index (χ1) is 9.97. The second kappa shape index (κ2) is 6.80. The third-order valence-corrected chi connectivity index (χ3v) is 3.35. The molecule has 110 valence electrons.